The van der Waals surface area contributed by atoms with Crippen molar-refractivity contribution >= 4 is 16.7 Å². The van der Waals surface area contributed by atoms with E-state index in [9.17, 15) is 0 Å². The molecule has 21 heavy (non-hydrogen) atoms. The van der Waals surface area contributed by atoms with Crippen LogP contribution in [0.4, 0.5) is 0 Å². The van der Waals surface area contributed by atoms with E-state index in [1.54, 1.807) is 7.11 Å². The number of hydrogen-bond acceptors (Lipinski definition) is 3. The first-order valence-electron chi connectivity index (χ1n) is 7.19. The van der Waals surface area contributed by atoms with Crippen molar-refractivity contribution in [2.24, 2.45) is 4.99 Å². The number of methoxy groups -OCH3 is 1. The molecule has 2 N–H and O–H groups in total. The van der Waals surface area contributed by atoms with Crippen molar-refractivity contribution in [1.82, 2.24) is 15.6 Å². The number of aromatic nitrogens is 1. The zero-order valence-electron chi connectivity index (χ0n) is 12.6. The highest BCUT2D eigenvalue weighted by atomic mass is 16.5. The Kier molecular flexibility index (Phi) is 5.97. The molecule has 0 saturated heterocycles. The van der Waals surface area contributed by atoms with Gasteiger partial charge in [0, 0.05) is 31.8 Å². The summed E-state index contributed by atoms with van der Waals surface area (Å²) in [6.07, 6.45) is 1.83. The van der Waals surface area contributed by atoms with Gasteiger partial charge < -0.3 is 15.4 Å². The number of hydrogen-bond donors (Lipinski definition) is 2. The minimum absolute atomic E-state index is 0.545. The first-order valence-corrected chi connectivity index (χ1v) is 7.19. The van der Waals surface area contributed by atoms with Gasteiger partial charge in [0.05, 0.1) is 18.8 Å². The lowest BCUT2D eigenvalue weighted by molar-refractivity contribution is 0.203. The Balaban J connectivity index is 2.11. The molecule has 0 bridgehead atoms. The van der Waals surface area contributed by atoms with Crippen molar-refractivity contribution in [1.29, 1.82) is 0 Å². The smallest absolute Gasteiger partial charge is 0.191 e. The normalized spacial score (nSPS) is 11.6. The SMILES string of the molecule is CCNC(=NCc1nccc2ccccc12)NCCOC. The predicted molar refractivity (Wildman–Crippen MR) is 86.4 cm³/mol. The maximum Gasteiger partial charge on any atom is 0.191 e. The van der Waals surface area contributed by atoms with Crippen LogP contribution in [0.25, 0.3) is 10.8 Å². The Morgan fingerprint density at radius 2 is 2.10 bits per heavy atom. The lowest BCUT2D eigenvalue weighted by Crippen LogP contribution is -2.38. The van der Waals surface area contributed by atoms with Gasteiger partial charge in [-0.25, -0.2) is 4.99 Å². The van der Waals surface area contributed by atoms with Gasteiger partial charge in [-0.15, -0.1) is 0 Å². The summed E-state index contributed by atoms with van der Waals surface area (Å²) in [6, 6.07) is 10.3. The van der Waals surface area contributed by atoms with Crippen LogP contribution in [0.5, 0.6) is 0 Å². The minimum Gasteiger partial charge on any atom is -0.383 e. The van der Waals surface area contributed by atoms with Crippen molar-refractivity contribution in [2.75, 3.05) is 26.8 Å². The summed E-state index contributed by atoms with van der Waals surface area (Å²) in [6.45, 7) is 4.79. The topological polar surface area (TPSA) is 58.5 Å². The Hall–Kier alpha value is -2.14. The summed E-state index contributed by atoms with van der Waals surface area (Å²) in [5.74, 6) is 0.782. The van der Waals surface area contributed by atoms with Gasteiger partial charge in [0.15, 0.2) is 5.96 Å². The number of rotatable bonds is 6. The second-order valence-corrected chi connectivity index (χ2v) is 4.59. The Labute approximate surface area is 125 Å². The van der Waals surface area contributed by atoms with Crippen LogP contribution in [0.3, 0.4) is 0 Å². The standard InChI is InChI=1S/C16H22N4O/c1-3-17-16(19-10-11-21-2)20-12-15-14-7-5-4-6-13(14)8-9-18-15/h4-9H,3,10-12H2,1-2H3,(H2,17,19,20). The van der Waals surface area contributed by atoms with Crippen LogP contribution in [0.15, 0.2) is 41.5 Å². The van der Waals surface area contributed by atoms with Gasteiger partial charge in [0.1, 0.15) is 0 Å². The first-order chi connectivity index (χ1) is 10.3. The molecule has 2 aromatic rings. The summed E-state index contributed by atoms with van der Waals surface area (Å²) in [5, 5.41) is 8.78. The molecule has 0 amide bonds. The fourth-order valence-electron chi connectivity index (χ4n) is 2.08. The molecule has 0 aliphatic heterocycles. The highest BCUT2D eigenvalue weighted by molar-refractivity contribution is 5.85. The quantitative estimate of drug-likeness (QED) is 0.484. The number of nitrogens with zero attached hydrogens (tertiary/aromatic N) is 2. The molecule has 0 radical (unpaired) electrons. The summed E-state index contributed by atoms with van der Waals surface area (Å²) >= 11 is 0. The third-order valence-corrected chi connectivity index (χ3v) is 3.09. The summed E-state index contributed by atoms with van der Waals surface area (Å²) in [7, 11) is 1.69. The molecule has 1 aromatic heterocycles. The molecule has 112 valence electrons. The number of ether oxygens (including phenoxy) is 1. The highest BCUT2D eigenvalue weighted by Crippen LogP contribution is 2.16. The maximum absolute atomic E-state index is 5.03. The Morgan fingerprint density at radius 1 is 1.24 bits per heavy atom. The van der Waals surface area contributed by atoms with Crippen LogP contribution in [0.1, 0.15) is 12.6 Å². The van der Waals surface area contributed by atoms with Crippen LogP contribution >= 0.6 is 0 Å². The molecular formula is C16H22N4O. The van der Waals surface area contributed by atoms with Gasteiger partial charge in [0.25, 0.3) is 0 Å². The van der Waals surface area contributed by atoms with Crippen LogP contribution in [-0.4, -0.2) is 37.7 Å². The van der Waals surface area contributed by atoms with E-state index < -0.39 is 0 Å². The van der Waals surface area contributed by atoms with Gasteiger partial charge in [-0.05, 0) is 18.4 Å². The van der Waals surface area contributed by atoms with Crippen molar-refractivity contribution in [3.63, 3.8) is 0 Å². The van der Waals surface area contributed by atoms with Crippen LogP contribution < -0.4 is 10.6 Å². The summed E-state index contributed by atoms with van der Waals surface area (Å²) in [4.78, 5) is 9.03. The molecule has 5 nitrogen and oxygen atoms in total. The molecule has 0 fully saturated rings. The largest absolute Gasteiger partial charge is 0.383 e. The lowest BCUT2D eigenvalue weighted by atomic mass is 10.1. The van der Waals surface area contributed by atoms with Gasteiger partial charge in [-0.3, -0.25) is 4.98 Å². The van der Waals surface area contributed by atoms with Gasteiger partial charge in [-0.2, -0.15) is 0 Å². The van der Waals surface area contributed by atoms with E-state index >= 15 is 0 Å². The fraction of sp³-hybridized carbons (Fsp3) is 0.375. The summed E-state index contributed by atoms with van der Waals surface area (Å²) in [5.41, 5.74) is 0.983. The minimum atomic E-state index is 0.545. The first kappa shape index (κ1) is 15.3. The molecular weight excluding hydrogens is 264 g/mol. The van der Waals surface area contributed by atoms with E-state index in [0.29, 0.717) is 13.2 Å². The van der Waals surface area contributed by atoms with Crippen LogP contribution in [0.2, 0.25) is 0 Å². The fourth-order valence-corrected chi connectivity index (χ4v) is 2.08. The number of guanidine groups is 1. The van der Waals surface area contributed by atoms with E-state index in [2.05, 4.69) is 32.7 Å². The molecule has 0 atom stereocenters. The van der Waals surface area contributed by atoms with Crippen molar-refractivity contribution in [3.8, 4) is 0 Å². The summed E-state index contributed by atoms with van der Waals surface area (Å²) < 4.78 is 5.03. The molecule has 0 spiro atoms. The third kappa shape index (κ3) is 4.43. The average Bonchev–Trinajstić information content (AvgIpc) is 2.53. The van der Waals surface area contributed by atoms with E-state index in [4.69, 9.17) is 4.74 Å². The number of fused-ring (bicyclic) bond motifs is 1. The maximum atomic E-state index is 5.03. The third-order valence-electron chi connectivity index (χ3n) is 3.09. The molecule has 0 aliphatic carbocycles. The van der Waals surface area contributed by atoms with Crippen LogP contribution in [-0.2, 0) is 11.3 Å². The molecule has 0 unspecified atom stereocenters. The number of nitrogens with one attached hydrogen (secondary N) is 2. The van der Waals surface area contributed by atoms with E-state index in [-0.39, 0.29) is 0 Å². The van der Waals surface area contributed by atoms with Crippen molar-refractivity contribution in [2.45, 2.75) is 13.5 Å². The molecule has 1 aromatic carbocycles. The second-order valence-electron chi connectivity index (χ2n) is 4.59. The molecule has 0 saturated carbocycles. The van der Waals surface area contributed by atoms with Crippen molar-refractivity contribution < 1.29 is 4.74 Å². The average molecular weight is 286 g/mol. The van der Waals surface area contributed by atoms with Gasteiger partial charge in [0.2, 0.25) is 0 Å². The zero-order valence-corrected chi connectivity index (χ0v) is 12.6. The zero-order chi connectivity index (χ0) is 14.9. The van der Waals surface area contributed by atoms with Gasteiger partial charge in [-0.1, -0.05) is 24.3 Å². The molecule has 0 aliphatic rings. The van der Waals surface area contributed by atoms with E-state index in [1.807, 2.05) is 31.3 Å². The van der Waals surface area contributed by atoms with E-state index in [0.717, 1.165) is 30.1 Å². The second kappa shape index (κ2) is 8.21. The highest BCUT2D eigenvalue weighted by Gasteiger charge is 2.02. The van der Waals surface area contributed by atoms with Gasteiger partial charge >= 0.3 is 0 Å². The Bertz CT molecular complexity index is 592. The molecule has 2 rings (SSSR count). The van der Waals surface area contributed by atoms with E-state index in [1.165, 1.54) is 5.39 Å². The molecule has 1 heterocycles. The number of benzene rings is 1. The van der Waals surface area contributed by atoms with Crippen molar-refractivity contribution in [3.05, 3.63) is 42.2 Å². The monoisotopic (exact) mass is 286 g/mol. The number of pyridine rings is 1. The Morgan fingerprint density at radius 3 is 2.90 bits per heavy atom. The predicted octanol–water partition coefficient (Wildman–Crippen LogP) is 1.94. The molecule has 5 heteroatoms. The number of aliphatic imine (C=N–C) groups is 1. The van der Waals surface area contributed by atoms with Crippen LogP contribution in [0, 0.1) is 0 Å². The lowest BCUT2D eigenvalue weighted by Gasteiger charge is -2.11.